The first kappa shape index (κ1) is 35.9. The van der Waals surface area contributed by atoms with Gasteiger partial charge in [-0.15, -0.1) is 5.54 Å². The molecule has 3 aromatic heterocycles. The zero-order valence-electron chi connectivity index (χ0n) is 30.6. The number of rotatable bonds is 6. The quantitative estimate of drug-likeness (QED) is 0.0566. The number of hydrogen-bond donors (Lipinski definition) is 0. The first-order chi connectivity index (χ1) is 24.7. The summed E-state index contributed by atoms with van der Waals surface area (Å²) in [6.45, 7) is 12.8. The molecule has 5 aromatic rings. The highest BCUT2D eigenvalue weighted by Crippen LogP contribution is 2.43. The maximum absolute atomic E-state index is 17.6. The highest BCUT2D eigenvalue weighted by Gasteiger charge is 2.45. The second-order valence-electron chi connectivity index (χ2n) is 15.3. The second-order valence-corrected chi connectivity index (χ2v) is 20.8. The largest absolute Gasteiger partial charge is 0.468 e. The maximum Gasteiger partial charge on any atom is 0.410 e. The molecular formula is C38H42F2N6O4SSi. The molecule has 14 heteroatoms. The molecule has 2 aliphatic heterocycles. The fourth-order valence-electron chi connectivity index (χ4n) is 7.14. The number of pyridine rings is 1. The van der Waals surface area contributed by atoms with E-state index in [1.54, 1.807) is 35.1 Å². The third-order valence-electron chi connectivity index (χ3n) is 9.19. The molecule has 0 unspecified atom stereocenters. The summed E-state index contributed by atoms with van der Waals surface area (Å²) in [5.41, 5.74) is 4.08. The Bertz CT molecular complexity index is 2280. The minimum atomic E-state index is -1.93. The van der Waals surface area contributed by atoms with E-state index in [0.29, 0.717) is 57.1 Å². The van der Waals surface area contributed by atoms with E-state index >= 15 is 8.78 Å². The van der Waals surface area contributed by atoms with Crippen molar-refractivity contribution in [3.05, 3.63) is 54.0 Å². The molecule has 2 aromatic carbocycles. The molecule has 272 valence electrons. The van der Waals surface area contributed by atoms with E-state index in [1.165, 1.54) is 24.9 Å². The minimum Gasteiger partial charge on any atom is -0.468 e. The summed E-state index contributed by atoms with van der Waals surface area (Å²) in [6.07, 6.45) is 6.40. The lowest BCUT2D eigenvalue weighted by Gasteiger charge is -2.42. The molecule has 2 fully saturated rings. The number of methoxy groups -OCH3 is 1. The lowest BCUT2D eigenvalue weighted by atomic mass is 9.95. The topological polar surface area (TPSA) is 94.3 Å². The van der Waals surface area contributed by atoms with Crippen molar-refractivity contribution in [1.29, 1.82) is 0 Å². The van der Waals surface area contributed by atoms with Crippen LogP contribution in [-0.4, -0.2) is 89.4 Å². The number of aromatic nitrogens is 4. The number of amides is 1. The van der Waals surface area contributed by atoms with Crippen molar-refractivity contribution in [1.82, 2.24) is 24.3 Å². The lowest BCUT2D eigenvalue weighted by molar-refractivity contribution is 0.0122. The van der Waals surface area contributed by atoms with Crippen LogP contribution in [-0.2, 0) is 9.47 Å². The maximum atomic E-state index is 17.6. The Labute approximate surface area is 306 Å². The number of hydrogen-bond acceptors (Lipinski definition) is 9. The predicted octanol–water partition coefficient (Wildman–Crippen LogP) is 7.90. The fourth-order valence-corrected chi connectivity index (χ4v) is 8.00. The zero-order chi connectivity index (χ0) is 37.1. The summed E-state index contributed by atoms with van der Waals surface area (Å²) in [5, 5.41) is 1.98. The highest BCUT2D eigenvalue weighted by molar-refractivity contribution is 7.98. The van der Waals surface area contributed by atoms with E-state index in [9.17, 15) is 4.79 Å². The summed E-state index contributed by atoms with van der Waals surface area (Å²) in [6, 6.07) is 6.31. The van der Waals surface area contributed by atoms with Crippen LogP contribution in [0.2, 0.25) is 19.6 Å². The fraction of sp³-hybridized carbons (Fsp3) is 0.421. The van der Waals surface area contributed by atoms with Gasteiger partial charge < -0.3 is 19.1 Å². The third kappa shape index (κ3) is 6.65. The molecule has 2 saturated heterocycles. The molecule has 0 N–H and O–H groups in total. The van der Waals surface area contributed by atoms with Crippen LogP contribution in [0.5, 0.6) is 5.75 Å². The Morgan fingerprint density at radius 3 is 2.46 bits per heavy atom. The van der Waals surface area contributed by atoms with Crippen LogP contribution < -0.4 is 9.64 Å². The van der Waals surface area contributed by atoms with Gasteiger partial charge in [-0.2, -0.15) is 0 Å². The number of nitrogens with zero attached hydrogens (tertiary/aromatic N) is 6. The second kappa shape index (κ2) is 13.5. The molecule has 1 amide bonds. The Balaban J connectivity index is 1.45. The van der Waals surface area contributed by atoms with Crippen molar-refractivity contribution in [3.63, 3.8) is 0 Å². The number of benzene rings is 2. The van der Waals surface area contributed by atoms with Crippen LogP contribution in [0.15, 0.2) is 41.9 Å². The van der Waals surface area contributed by atoms with Crippen LogP contribution in [0.3, 0.4) is 0 Å². The van der Waals surface area contributed by atoms with E-state index in [-0.39, 0.29) is 41.7 Å². The molecule has 0 radical (unpaired) electrons. The number of piperazine rings is 1. The standard InChI is InChI=1S/C38H42F2N6O4SSi/c1-38(2,3)50-37(47)46-23-10-11-24(46)19-44(18-23)35-31-29-17-41-20-45(29)34(32(40)33(31)42-36(43-35)51-5)27-16-25(49-21-48-4)15-22-9-12-28(39)26(30(22)27)13-14-52(6,7)8/h9,12,15-17,20,23-24H,10-11,18-19,21H2,1-8H3/t23-,24+. The first-order valence-corrected chi connectivity index (χ1v) is 22.0. The van der Waals surface area contributed by atoms with E-state index in [4.69, 9.17) is 24.2 Å². The predicted molar refractivity (Wildman–Crippen MR) is 203 cm³/mol. The molecule has 5 heterocycles. The number of halogens is 2. The van der Waals surface area contributed by atoms with Gasteiger partial charge >= 0.3 is 6.09 Å². The normalized spacial score (nSPS) is 17.6. The highest BCUT2D eigenvalue weighted by atomic mass is 32.2. The number of ether oxygens (including phenoxy) is 3. The van der Waals surface area contributed by atoms with Gasteiger partial charge in [-0.1, -0.05) is 43.4 Å². The summed E-state index contributed by atoms with van der Waals surface area (Å²) < 4.78 is 51.9. The van der Waals surface area contributed by atoms with Crippen molar-refractivity contribution in [2.24, 2.45) is 0 Å². The summed E-state index contributed by atoms with van der Waals surface area (Å²) in [4.78, 5) is 31.4. The molecule has 52 heavy (non-hydrogen) atoms. The van der Waals surface area contributed by atoms with Gasteiger partial charge in [0.1, 0.15) is 36.6 Å². The van der Waals surface area contributed by atoms with Crippen LogP contribution in [0.1, 0.15) is 39.2 Å². The van der Waals surface area contributed by atoms with Crippen molar-refractivity contribution >= 4 is 58.9 Å². The Morgan fingerprint density at radius 1 is 1.08 bits per heavy atom. The van der Waals surface area contributed by atoms with Gasteiger partial charge in [0, 0.05) is 31.1 Å². The van der Waals surface area contributed by atoms with Gasteiger partial charge in [0.15, 0.2) is 17.8 Å². The first-order valence-electron chi connectivity index (χ1n) is 17.2. The minimum absolute atomic E-state index is 0.0358. The van der Waals surface area contributed by atoms with Gasteiger partial charge in [0.25, 0.3) is 0 Å². The molecule has 7 rings (SSSR count). The Kier molecular flexibility index (Phi) is 9.33. The van der Waals surface area contributed by atoms with Gasteiger partial charge in [-0.25, -0.2) is 28.5 Å². The number of thioether (sulfide) groups is 1. The van der Waals surface area contributed by atoms with Gasteiger partial charge in [0.05, 0.1) is 46.8 Å². The number of anilines is 1. The number of carbonyl (C=O) groups is 1. The van der Waals surface area contributed by atoms with Crippen molar-refractivity contribution < 1.29 is 27.8 Å². The van der Waals surface area contributed by atoms with Gasteiger partial charge in [0.2, 0.25) is 0 Å². The van der Waals surface area contributed by atoms with Crippen LogP contribution >= 0.6 is 11.8 Å². The van der Waals surface area contributed by atoms with E-state index in [0.717, 1.165) is 12.8 Å². The van der Waals surface area contributed by atoms with Crippen molar-refractivity contribution in [3.8, 4) is 28.5 Å². The molecule has 2 bridgehead atoms. The SMILES string of the molecule is COCOc1cc(-c2c(F)c3nc(SC)nc(N4C[C@H]5CC[C@@H](C4)N5C(=O)OC(C)(C)C)c3c3cncn23)c2c(C#C[Si](C)(C)C)c(F)ccc2c1. The van der Waals surface area contributed by atoms with Crippen LogP contribution in [0.4, 0.5) is 19.4 Å². The molecule has 2 atom stereocenters. The average Bonchev–Trinajstić information content (AvgIpc) is 3.67. The Morgan fingerprint density at radius 2 is 1.81 bits per heavy atom. The molecular weight excluding hydrogens is 703 g/mol. The van der Waals surface area contributed by atoms with Gasteiger partial charge in [-0.05, 0) is 63.5 Å². The molecule has 0 spiro atoms. The van der Waals surface area contributed by atoms with E-state index in [1.807, 2.05) is 31.9 Å². The lowest BCUT2D eigenvalue weighted by Crippen LogP contribution is -2.57. The summed E-state index contributed by atoms with van der Waals surface area (Å²) >= 11 is 1.32. The summed E-state index contributed by atoms with van der Waals surface area (Å²) in [5.74, 6) is 3.00. The third-order valence-corrected chi connectivity index (χ3v) is 10.6. The number of imidazole rings is 1. The monoisotopic (exact) mass is 744 g/mol. The van der Waals surface area contributed by atoms with Gasteiger partial charge in [-0.3, -0.25) is 9.30 Å². The number of carbonyl (C=O) groups excluding carboxylic acids is 1. The Hall–Kier alpha value is -4.45. The average molecular weight is 745 g/mol. The van der Waals surface area contributed by atoms with Crippen LogP contribution in [0, 0.1) is 23.1 Å². The molecule has 2 aliphatic rings. The number of fused-ring (bicyclic) bond motifs is 6. The smallest absolute Gasteiger partial charge is 0.410 e. The van der Waals surface area contributed by atoms with E-state index < -0.39 is 25.3 Å². The van der Waals surface area contributed by atoms with E-state index in [2.05, 4.69) is 41.0 Å². The molecule has 0 saturated carbocycles. The van der Waals surface area contributed by atoms with Crippen LogP contribution in [0.25, 0.3) is 38.4 Å². The van der Waals surface area contributed by atoms with Crippen molar-refractivity contribution in [2.45, 2.75) is 76.1 Å². The van der Waals surface area contributed by atoms with Crippen molar-refractivity contribution in [2.75, 3.05) is 38.1 Å². The zero-order valence-corrected chi connectivity index (χ0v) is 32.5. The summed E-state index contributed by atoms with van der Waals surface area (Å²) in [7, 11) is -0.410. The molecule has 0 aliphatic carbocycles. The molecule has 10 nitrogen and oxygen atoms in total.